The number of Topliss-reactive ketones (excluding diaryl/α,β-unsaturated/α-hetero) is 1. The third kappa shape index (κ3) is 7.97. The first-order chi connectivity index (χ1) is 23.3. The summed E-state index contributed by atoms with van der Waals surface area (Å²) in [6.07, 6.45) is 8.53. The Morgan fingerprint density at radius 3 is 2.45 bits per heavy atom. The van der Waals surface area contributed by atoms with Crippen molar-refractivity contribution in [3.8, 4) is 0 Å². The molecule has 1 spiro atoms. The number of carbonyl (C=O) groups excluding carboxylic acids is 5. The van der Waals surface area contributed by atoms with Crippen LogP contribution >= 0.6 is 11.6 Å². The highest BCUT2D eigenvalue weighted by molar-refractivity contribution is 6.38. The molecule has 6 atom stereocenters. The van der Waals surface area contributed by atoms with Gasteiger partial charge in [0.15, 0.2) is 5.60 Å². The summed E-state index contributed by atoms with van der Waals surface area (Å²) in [5, 5.41) is 13.6. The van der Waals surface area contributed by atoms with E-state index in [4.69, 9.17) is 16.4 Å². The summed E-state index contributed by atoms with van der Waals surface area (Å²) in [7, 11) is 0. The monoisotopic (exact) mass is 695 g/mol. The second-order valence-corrected chi connectivity index (χ2v) is 16.4. The molecule has 3 aliphatic carbocycles. The molecule has 1 saturated heterocycles. The van der Waals surface area contributed by atoms with E-state index in [9.17, 15) is 24.0 Å². The standard InChI is InChI=1S/C37H50ClN5O6/c1-5-9-27(30(44)34(47)39-24-14-15-24)40-33(46)29-19-37(18-28(42-49-37)22-12-8-13-23(38)16-22)20-43(29)35(48)31(36(2,3)4)41-32(45)26-17-25(26)21-10-6-7-11-21/h8,12-13,16,21,24-27,29,31H,5-7,9-11,14-15,17-20H2,1-4H3,(H,39,47)(H,40,46)(H,41,45)/t25-,26+,27+,29+,31-,37-/m1/s1. The Hall–Kier alpha value is -3.47. The Bertz CT molecular complexity index is 1510. The van der Waals surface area contributed by atoms with Gasteiger partial charge in [-0.1, -0.05) is 88.7 Å². The van der Waals surface area contributed by atoms with Crippen LogP contribution < -0.4 is 16.0 Å². The third-order valence-corrected chi connectivity index (χ3v) is 11.1. The number of ketones is 1. The molecule has 0 radical (unpaired) electrons. The maximum Gasteiger partial charge on any atom is 0.289 e. The van der Waals surface area contributed by atoms with Gasteiger partial charge in [0, 0.05) is 35.4 Å². The van der Waals surface area contributed by atoms with Gasteiger partial charge >= 0.3 is 0 Å². The quantitative estimate of drug-likeness (QED) is 0.278. The number of rotatable bonds is 12. The van der Waals surface area contributed by atoms with Gasteiger partial charge in [0.1, 0.15) is 12.1 Å². The zero-order chi connectivity index (χ0) is 35.1. The van der Waals surface area contributed by atoms with E-state index in [1.807, 2.05) is 39.8 Å². The molecular formula is C37H50ClN5O6. The minimum Gasteiger partial charge on any atom is -0.387 e. The van der Waals surface area contributed by atoms with Crippen LogP contribution in [0.3, 0.4) is 0 Å². The summed E-state index contributed by atoms with van der Waals surface area (Å²) in [5.41, 5.74) is -0.230. The Morgan fingerprint density at radius 2 is 1.80 bits per heavy atom. The van der Waals surface area contributed by atoms with Crippen molar-refractivity contribution in [1.82, 2.24) is 20.9 Å². The van der Waals surface area contributed by atoms with Crippen molar-refractivity contribution in [2.45, 2.75) is 128 Å². The van der Waals surface area contributed by atoms with Gasteiger partial charge in [0.25, 0.3) is 5.91 Å². The molecule has 2 aliphatic heterocycles. The summed E-state index contributed by atoms with van der Waals surface area (Å²) in [6, 6.07) is 4.31. The lowest BCUT2D eigenvalue weighted by atomic mass is 9.85. The Labute approximate surface area is 293 Å². The number of oxime groups is 1. The molecule has 5 aliphatic rings. The topological polar surface area (TPSA) is 146 Å². The molecule has 4 fully saturated rings. The molecule has 6 rings (SSSR count). The number of likely N-dealkylation sites (tertiary alicyclic amines) is 1. The maximum atomic E-state index is 14.6. The highest BCUT2D eigenvalue weighted by Gasteiger charge is 2.56. The molecular weight excluding hydrogens is 646 g/mol. The molecule has 4 amide bonds. The maximum absolute atomic E-state index is 14.6. The molecule has 266 valence electrons. The fourth-order valence-corrected chi connectivity index (χ4v) is 8.10. The lowest BCUT2D eigenvalue weighted by molar-refractivity contribution is -0.145. The number of hydrogen-bond acceptors (Lipinski definition) is 7. The SMILES string of the molecule is CCC[C@H](NC(=O)[C@@H]1C[C@]2(CC(c3cccc(Cl)c3)=NO2)CN1C(=O)[C@@H](NC(=O)[C@H]1C[C@@H]1C1CCCC1)C(C)(C)C)C(=O)C(=O)NC1CC1. The van der Waals surface area contributed by atoms with Gasteiger partial charge in [0.2, 0.25) is 23.5 Å². The van der Waals surface area contributed by atoms with Crippen LogP contribution in [-0.4, -0.2) is 76.3 Å². The number of carbonyl (C=O) groups is 5. The summed E-state index contributed by atoms with van der Waals surface area (Å²) < 4.78 is 0. The lowest BCUT2D eigenvalue weighted by Gasteiger charge is -2.35. The highest BCUT2D eigenvalue weighted by atomic mass is 35.5. The van der Waals surface area contributed by atoms with Gasteiger partial charge in [-0.25, -0.2) is 0 Å². The Morgan fingerprint density at radius 1 is 1.06 bits per heavy atom. The van der Waals surface area contributed by atoms with Gasteiger partial charge in [-0.2, -0.15) is 0 Å². The average Bonchev–Trinajstić information content (AvgIpc) is 3.89. The van der Waals surface area contributed by atoms with Gasteiger partial charge in [0.05, 0.1) is 18.3 Å². The highest BCUT2D eigenvalue weighted by Crippen LogP contribution is 2.50. The zero-order valence-electron chi connectivity index (χ0n) is 29.1. The summed E-state index contributed by atoms with van der Waals surface area (Å²) >= 11 is 6.26. The lowest BCUT2D eigenvalue weighted by Crippen LogP contribution is -2.59. The van der Waals surface area contributed by atoms with Gasteiger partial charge in [-0.05, 0) is 55.1 Å². The first-order valence-electron chi connectivity index (χ1n) is 18.1. The molecule has 11 nitrogen and oxygen atoms in total. The van der Waals surface area contributed by atoms with E-state index in [1.165, 1.54) is 17.7 Å². The van der Waals surface area contributed by atoms with Crippen LogP contribution in [0.4, 0.5) is 0 Å². The van der Waals surface area contributed by atoms with Crippen LogP contribution in [0.5, 0.6) is 0 Å². The van der Waals surface area contributed by atoms with Crippen LogP contribution in [0.1, 0.15) is 104 Å². The van der Waals surface area contributed by atoms with Crippen molar-refractivity contribution >= 4 is 46.7 Å². The minimum atomic E-state index is -1.03. The minimum absolute atomic E-state index is 0.000868. The summed E-state index contributed by atoms with van der Waals surface area (Å²) in [6.45, 7) is 7.64. The van der Waals surface area contributed by atoms with Crippen molar-refractivity contribution in [2.75, 3.05) is 6.54 Å². The fraction of sp³-hybridized carbons (Fsp3) is 0.676. The van der Waals surface area contributed by atoms with E-state index >= 15 is 0 Å². The van der Waals surface area contributed by atoms with E-state index in [-0.39, 0.29) is 43.2 Å². The first kappa shape index (κ1) is 35.4. The predicted octanol–water partition coefficient (Wildman–Crippen LogP) is 4.29. The molecule has 3 N–H and O–H groups in total. The molecule has 49 heavy (non-hydrogen) atoms. The normalized spacial score (nSPS) is 27.7. The van der Waals surface area contributed by atoms with E-state index in [0.29, 0.717) is 35.4 Å². The van der Waals surface area contributed by atoms with Crippen molar-refractivity contribution in [3.05, 3.63) is 34.9 Å². The van der Waals surface area contributed by atoms with E-state index in [0.717, 1.165) is 37.7 Å². The van der Waals surface area contributed by atoms with Crippen LogP contribution in [0, 0.1) is 23.2 Å². The number of hydrogen-bond donors (Lipinski definition) is 3. The second-order valence-electron chi connectivity index (χ2n) is 16.0. The molecule has 0 bridgehead atoms. The number of halogens is 1. The van der Waals surface area contributed by atoms with Crippen molar-refractivity contribution < 1.29 is 28.8 Å². The first-order valence-corrected chi connectivity index (χ1v) is 18.4. The molecule has 0 unspecified atom stereocenters. The molecule has 12 heteroatoms. The molecule has 2 heterocycles. The smallest absolute Gasteiger partial charge is 0.289 e. The van der Waals surface area contributed by atoms with Crippen LogP contribution in [-0.2, 0) is 28.8 Å². The number of benzene rings is 1. The average molecular weight is 696 g/mol. The molecule has 1 aromatic carbocycles. The van der Waals surface area contributed by atoms with Crippen LogP contribution in [0.15, 0.2) is 29.4 Å². The van der Waals surface area contributed by atoms with E-state index in [2.05, 4.69) is 21.1 Å². The largest absolute Gasteiger partial charge is 0.387 e. The number of nitrogens with zero attached hydrogens (tertiary/aromatic N) is 2. The van der Waals surface area contributed by atoms with Crippen molar-refractivity contribution in [3.63, 3.8) is 0 Å². The van der Waals surface area contributed by atoms with Gasteiger partial charge < -0.3 is 25.7 Å². The molecule has 3 saturated carbocycles. The fourth-order valence-electron chi connectivity index (χ4n) is 7.91. The summed E-state index contributed by atoms with van der Waals surface area (Å²) in [4.78, 5) is 75.8. The zero-order valence-corrected chi connectivity index (χ0v) is 29.8. The number of nitrogens with one attached hydrogen (secondary N) is 3. The summed E-state index contributed by atoms with van der Waals surface area (Å²) in [5.74, 6) is -1.60. The van der Waals surface area contributed by atoms with Gasteiger partial charge in [-0.3, -0.25) is 24.0 Å². The van der Waals surface area contributed by atoms with Crippen LogP contribution in [0.2, 0.25) is 5.02 Å². The number of amides is 4. The Kier molecular flexibility index (Phi) is 10.1. The van der Waals surface area contributed by atoms with E-state index < -0.39 is 46.7 Å². The van der Waals surface area contributed by atoms with Gasteiger partial charge in [-0.15, -0.1) is 0 Å². The third-order valence-electron chi connectivity index (χ3n) is 10.9. The Balaban J connectivity index is 1.23. The van der Waals surface area contributed by atoms with Crippen molar-refractivity contribution in [2.24, 2.45) is 28.3 Å². The van der Waals surface area contributed by atoms with E-state index in [1.54, 1.807) is 12.1 Å². The van der Waals surface area contributed by atoms with Crippen molar-refractivity contribution in [1.29, 1.82) is 0 Å². The predicted molar refractivity (Wildman–Crippen MR) is 184 cm³/mol. The molecule has 0 aromatic heterocycles. The van der Waals surface area contributed by atoms with Crippen LogP contribution in [0.25, 0.3) is 0 Å². The molecule has 1 aromatic rings. The second kappa shape index (κ2) is 14.0.